The quantitative estimate of drug-likeness (QED) is 0.836. The predicted molar refractivity (Wildman–Crippen MR) is 79.0 cm³/mol. The molecule has 2 rings (SSSR count). The van der Waals surface area contributed by atoms with Crippen molar-refractivity contribution >= 4 is 0 Å². The minimum absolute atomic E-state index is 0.360. The first-order chi connectivity index (χ1) is 8.74. The van der Waals surface area contributed by atoms with Crippen molar-refractivity contribution in [3.63, 3.8) is 0 Å². The molecule has 0 aromatic heterocycles. The second-order valence-corrected chi connectivity index (χ2v) is 5.93. The molecule has 100 valence electrons. The lowest BCUT2D eigenvalue weighted by molar-refractivity contribution is 0.288. The van der Waals surface area contributed by atoms with E-state index < -0.39 is 0 Å². The SMILES string of the molecule is CCCC1(Cc2cccc(C)c2)CCCCCN1. The van der Waals surface area contributed by atoms with Gasteiger partial charge in [-0.1, -0.05) is 56.0 Å². The maximum absolute atomic E-state index is 3.86. The highest BCUT2D eigenvalue weighted by Gasteiger charge is 2.29. The monoisotopic (exact) mass is 245 g/mol. The molecular weight excluding hydrogens is 218 g/mol. The lowest BCUT2D eigenvalue weighted by Crippen LogP contribution is -2.46. The van der Waals surface area contributed by atoms with Crippen molar-refractivity contribution in [3.05, 3.63) is 35.4 Å². The molecule has 0 saturated carbocycles. The van der Waals surface area contributed by atoms with Crippen LogP contribution in [-0.2, 0) is 6.42 Å². The van der Waals surface area contributed by atoms with Gasteiger partial charge in [0.25, 0.3) is 0 Å². The lowest BCUT2D eigenvalue weighted by atomic mass is 9.82. The van der Waals surface area contributed by atoms with E-state index in [1.165, 1.54) is 62.6 Å². The fourth-order valence-electron chi connectivity index (χ4n) is 3.35. The normalized spacial score (nSPS) is 24.8. The molecule has 18 heavy (non-hydrogen) atoms. The molecule has 1 heteroatoms. The average molecular weight is 245 g/mol. The molecular formula is C17H27N. The Morgan fingerprint density at radius 3 is 2.89 bits per heavy atom. The Kier molecular flexibility index (Phi) is 4.82. The van der Waals surface area contributed by atoms with Gasteiger partial charge in [-0.2, -0.15) is 0 Å². The second kappa shape index (κ2) is 6.38. The number of hydrogen-bond donors (Lipinski definition) is 1. The van der Waals surface area contributed by atoms with Crippen LogP contribution in [0.25, 0.3) is 0 Å². The highest BCUT2D eigenvalue weighted by Crippen LogP contribution is 2.28. The van der Waals surface area contributed by atoms with Crippen LogP contribution in [0.5, 0.6) is 0 Å². The van der Waals surface area contributed by atoms with E-state index in [-0.39, 0.29) is 0 Å². The summed E-state index contributed by atoms with van der Waals surface area (Å²) in [5.41, 5.74) is 3.24. The molecule has 0 radical (unpaired) electrons. The van der Waals surface area contributed by atoms with E-state index in [1.54, 1.807) is 0 Å². The summed E-state index contributed by atoms with van der Waals surface area (Å²) < 4.78 is 0. The Hall–Kier alpha value is -0.820. The van der Waals surface area contributed by atoms with E-state index >= 15 is 0 Å². The molecule has 1 aromatic carbocycles. The van der Waals surface area contributed by atoms with Crippen LogP contribution >= 0.6 is 0 Å². The van der Waals surface area contributed by atoms with Gasteiger partial charge in [-0.3, -0.25) is 0 Å². The Morgan fingerprint density at radius 2 is 2.11 bits per heavy atom. The summed E-state index contributed by atoms with van der Waals surface area (Å²) in [6, 6.07) is 9.03. The Balaban J connectivity index is 2.13. The van der Waals surface area contributed by atoms with Gasteiger partial charge in [0.05, 0.1) is 0 Å². The number of nitrogens with one attached hydrogen (secondary N) is 1. The van der Waals surface area contributed by atoms with E-state index in [0.29, 0.717) is 5.54 Å². The number of aryl methyl sites for hydroxylation is 1. The predicted octanol–water partition coefficient (Wildman–Crippen LogP) is 4.24. The summed E-state index contributed by atoms with van der Waals surface area (Å²) in [6.45, 7) is 5.70. The van der Waals surface area contributed by atoms with Crippen molar-refractivity contribution in [2.24, 2.45) is 0 Å². The highest BCUT2D eigenvalue weighted by molar-refractivity contribution is 5.24. The first-order valence-corrected chi connectivity index (χ1v) is 7.55. The smallest absolute Gasteiger partial charge is 0.0221 e. The van der Waals surface area contributed by atoms with Gasteiger partial charge in [0, 0.05) is 5.54 Å². The van der Waals surface area contributed by atoms with Gasteiger partial charge < -0.3 is 5.32 Å². The lowest BCUT2D eigenvalue weighted by Gasteiger charge is -2.34. The van der Waals surface area contributed by atoms with Gasteiger partial charge in [-0.05, 0) is 44.7 Å². The van der Waals surface area contributed by atoms with Crippen LogP contribution in [0.2, 0.25) is 0 Å². The van der Waals surface area contributed by atoms with Crippen molar-refractivity contribution < 1.29 is 0 Å². The molecule has 0 amide bonds. The third kappa shape index (κ3) is 3.58. The zero-order chi connectivity index (χ0) is 12.8. The van der Waals surface area contributed by atoms with Crippen molar-refractivity contribution in [2.75, 3.05) is 6.54 Å². The van der Waals surface area contributed by atoms with Gasteiger partial charge in [-0.15, -0.1) is 0 Å². The summed E-state index contributed by atoms with van der Waals surface area (Å²) >= 11 is 0. The number of rotatable bonds is 4. The van der Waals surface area contributed by atoms with Crippen LogP contribution in [-0.4, -0.2) is 12.1 Å². The summed E-state index contributed by atoms with van der Waals surface area (Å²) in [4.78, 5) is 0. The van der Waals surface area contributed by atoms with Crippen LogP contribution < -0.4 is 5.32 Å². The fourth-order valence-corrected chi connectivity index (χ4v) is 3.35. The molecule has 1 fully saturated rings. The van der Waals surface area contributed by atoms with Crippen LogP contribution in [0, 0.1) is 6.92 Å². The van der Waals surface area contributed by atoms with Crippen LogP contribution in [0.4, 0.5) is 0 Å². The van der Waals surface area contributed by atoms with Crippen molar-refractivity contribution in [1.82, 2.24) is 5.32 Å². The Morgan fingerprint density at radius 1 is 1.22 bits per heavy atom. The first-order valence-electron chi connectivity index (χ1n) is 7.55. The maximum Gasteiger partial charge on any atom is 0.0221 e. The Bertz CT molecular complexity index is 362. The average Bonchev–Trinajstić information content (AvgIpc) is 2.55. The molecule has 0 spiro atoms. The van der Waals surface area contributed by atoms with Gasteiger partial charge in [0.2, 0.25) is 0 Å². The molecule has 1 nitrogen and oxygen atoms in total. The molecule has 1 atom stereocenters. The molecule has 1 saturated heterocycles. The number of benzene rings is 1. The van der Waals surface area contributed by atoms with E-state index in [0.717, 1.165) is 0 Å². The first kappa shape index (κ1) is 13.6. The molecule has 1 aliphatic heterocycles. The Labute approximate surface area is 112 Å². The van der Waals surface area contributed by atoms with Gasteiger partial charge in [0.15, 0.2) is 0 Å². The van der Waals surface area contributed by atoms with E-state index in [1.807, 2.05) is 0 Å². The van der Waals surface area contributed by atoms with Crippen LogP contribution in [0.1, 0.15) is 56.6 Å². The zero-order valence-corrected chi connectivity index (χ0v) is 12.0. The number of hydrogen-bond acceptors (Lipinski definition) is 1. The van der Waals surface area contributed by atoms with E-state index in [4.69, 9.17) is 0 Å². The zero-order valence-electron chi connectivity index (χ0n) is 12.0. The van der Waals surface area contributed by atoms with E-state index in [9.17, 15) is 0 Å². The van der Waals surface area contributed by atoms with E-state index in [2.05, 4.69) is 43.4 Å². The molecule has 1 heterocycles. The standard InChI is InChI=1S/C17H27N/c1-3-10-17(11-5-4-6-12-18-17)14-16-9-7-8-15(2)13-16/h7-9,13,18H,3-6,10-12,14H2,1-2H3. The third-order valence-electron chi connectivity index (χ3n) is 4.19. The van der Waals surface area contributed by atoms with Crippen LogP contribution in [0.15, 0.2) is 24.3 Å². The second-order valence-electron chi connectivity index (χ2n) is 5.93. The maximum atomic E-state index is 3.86. The van der Waals surface area contributed by atoms with Gasteiger partial charge >= 0.3 is 0 Å². The third-order valence-corrected chi connectivity index (χ3v) is 4.19. The van der Waals surface area contributed by atoms with Crippen molar-refractivity contribution in [2.45, 2.75) is 64.3 Å². The minimum atomic E-state index is 0.360. The topological polar surface area (TPSA) is 12.0 Å². The van der Waals surface area contributed by atoms with Crippen molar-refractivity contribution in [1.29, 1.82) is 0 Å². The minimum Gasteiger partial charge on any atom is -0.311 e. The van der Waals surface area contributed by atoms with Gasteiger partial charge in [0.1, 0.15) is 0 Å². The van der Waals surface area contributed by atoms with Crippen LogP contribution in [0.3, 0.4) is 0 Å². The summed E-state index contributed by atoms with van der Waals surface area (Å²) in [7, 11) is 0. The van der Waals surface area contributed by atoms with Crippen molar-refractivity contribution in [3.8, 4) is 0 Å². The highest BCUT2D eigenvalue weighted by atomic mass is 15.0. The summed E-state index contributed by atoms with van der Waals surface area (Å²) in [5.74, 6) is 0. The molecule has 1 unspecified atom stereocenters. The molecule has 1 N–H and O–H groups in total. The summed E-state index contributed by atoms with van der Waals surface area (Å²) in [6.07, 6.45) is 9.25. The van der Waals surface area contributed by atoms with Gasteiger partial charge in [-0.25, -0.2) is 0 Å². The molecule has 1 aromatic rings. The molecule has 0 bridgehead atoms. The fraction of sp³-hybridized carbons (Fsp3) is 0.647. The molecule has 1 aliphatic rings. The summed E-state index contributed by atoms with van der Waals surface area (Å²) in [5, 5.41) is 3.86. The molecule has 0 aliphatic carbocycles. The largest absolute Gasteiger partial charge is 0.311 e.